The first kappa shape index (κ1) is 22.0. The van der Waals surface area contributed by atoms with E-state index >= 15 is 0 Å². The Bertz CT molecular complexity index is 1120. The SMILES string of the molecule is Cc1cccc(-c2cc(Cl)ccc2-c2nc(CC(=O)NC(C)(C)C(=O)O)cs2)c1C. The lowest BCUT2D eigenvalue weighted by atomic mass is 9.94. The summed E-state index contributed by atoms with van der Waals surface area (Å²) in [7, 11) is 0. The number of halogens is 1. The third-order valence-corrected chi connectivity index (χ3v) is 6.15. The summed E-state index contributed by atoms with van der Waals surface area (Å²) in [6.07, 6.45) is 0.0135. The monoisotopic (exact) mass is 442 g/mol. The molecule has 0 unspecified atom stereocenters. The highest BCUT2D eigenvalue weighted by Gasteiger charge is 2.29. The van der Waals surface area contributed by atoms with Crippen LogP contribution in [0.2, 0.25) is 5.02 Å². The minimum Gasteiger partial charge on any atom is -0.480 e. The van der Waals surface area contributed by atoms with Crippen LogP contribution in [0.5, 0.6) is 0 Å². The van der Waals surface area contributed by atoms with E-state index < -0.39 is 11.5 Å². The van der Waals surface area contributed by atoms with Crippen molar-refractivity contribution in [2.75, 3.05) is 0 Å². The van der Waals surface area contributed by atoms with Crippen LogP contribution in [0.1, 0.15) is 30.7 Å². The van der Waals surface area contributed by atoms with E-state index in [9.17, 15) is 14.7 Å². The van der Waals surface area contributed by atoms with Crippen LogP contribution in [0, 0.1) is 13.8 Å². The lowest BCUT2D eigenvalue weighted by Gasteiger charge is -2.20. The number of carbonyl (C=O) groups is 2. The average Bonchev–Trinajstić information content (AvgIpc) is 3.11. The third kappa shape index (κ3) is 4.71. The van der Waals surface area contributed by atoms with E-state index in [2.05, 4.69) is 36.3 Å². The summed E-state index contributed by atoms with van der Waals surface area (Å²) in [6.45, 7) is 7.05. The molecule has 156 valence electrons. The van der Waals surface area contributed by atoms with Crippen molar-refractivity contribution in [1.82, 2.24) is 10.3 Å². The van der Waals surface area contributed by atoms with Gasteiger partial charge in [-0.05, 0) is 68.1 Å². The Morgan fingerprint density at radius 3 is 2.57 bits per heavy atom. The minimum atomic E-state index is -1.33. The van der Waals surface area contributed by atoms with Crippen LogP contribution in [0.15, 0.2) is 41.8 Å². The second kappa shape index (κ2) is 8.58. The predicted octanol–water partition coefficient (Wildman–Crippen LogP) is 5.27. The molecular formula is C23H23ClN2O3S. The summed E-state index contributed by atoms with van der Waals surface area (Å²) in [4.78, 5) is 28.1. The second-order valence-electron chi connectivity index (χ2n) is 7.74. The zero-order valence-corrected chi connectivity index (χ0v) is 18.8. The van der Waals surface area contributed by atoms with Gasteiger partial charge in [-0.15, -0.1) is 11.3 Å². The summed E-state index contributed by atoms with van der Waals surface area (Å²) >= 11 is 7.73. The summed E-state index contributed by atoms with van der Waals surface area (Å²) in [6, 6.07) is 11.9. The maximum Gasteiger partial charge on any atom is 0.328 e. The molecule has 1 heterocycles. The standard InChI is InChI=1S/C23H23ClN2O3S/c1-13-6-5-7-17(14(13)2)19-10-15(24)8-9-18(19)21-25-16(12-30-21)11-20(27)26-23(3,4)22(28)29/h5-10,12H,11H2,1-4H3,(H,26,27)(H,28,29). The third-order valence-electron chi connectivity index (χ3n) is 4.99. The Morgan fingerprint density at radius 1 is 1.13 bits per heavy atom. The summed E-state index contributed by atoms with van der Waals surface area (Å²) in [5, 5.41) is 14.9. The minimum absolute atomic E-state index is 0.0135. The highest BCUT2D eigenvalue weighted by atomic mass is 35.5. The molecule has 0 fully saturated rings. The average molecular weight is 443 g/mol. The molecule has 3 aromatic rings. The van der Waals surface area contributed by atoms with Crippen LogP contribution >= 0.6 is 22.9 Å². The molecule has 30 heavy (non-hydrogen) atoms. The Morgan fingerprint density at radius 2 is 1.87 bits per heavy atom. The van der Waals surface area contributed by atoms with Gasteiger partial charge in [0.1, 0.15) is 10.5 Å². The number of amides is 1. The number of rotatable bonds is 6. The molecule has 3 rings (SSSR count). The van der Waals surface area contributed by atoms with Crippen LogP contribution < -0.4 is 5.32 Å². The topological polar surface area (TPSA) is 79.3 Å². The van der Waals surface area contributed by atoms with Gasteiger partial charge in [0.2, 0.25) is 5.91 Å². The number of hydrogen-bond donors (Lipinski definition) is 2. The van der Waals surface area contributed by atoms with Crippen molar-refractivity contribution in [3.05, 3.63) is 63.6 Å². The van der Waals surface area contributed by atoms with E-state index in [1.807, 2.05) is 29.6 Å². The number of nitrogens with one attached hydrogen (secondary N) is 1. The number of benzene rings is 2. The molecule has 0 bridgehead atoms. The Labute approximate surface area is 184 Å². The first-order valence-corrected chi connectivity index (χ1v) is 10.7. The first-order chi connectivity index (χ1) is 14.1. The van der Waals surface area contributed by atoms with Crippen LogP contribution in [-0.2, 0) is 16.0 Å². The molecule has 0 atom stereocenters. The van der Waals surface area contributed by atoms with Gasteiger partial charge in [0.15, 0.2) is 0 Å². The normalized spacial score (nSPS) is 11.4. The Kier molecular flexibility index (Phi) is 6.29. The molecule has 0 saturated heterocycles. The van der Waals surface area contributed by atoms with Crippen LogP contribution in [0.25, 0.3) is 21.7 Å². The number of nitrogens with zero attached hydrogens (tertiary/aromatic N) is 1. The van der Waals surface area contributed by atoms with Crippen molar-refractivity contribution >= 4 is 34.8 Å². The number of carbonyl (C=O) groups excluding carboxylic acids is 1. The quantitative estimate of drug-likeness (QED) is 0.545. The second-order valence-corrected chi connectivity index (χ2v) is 9.03. The first-order valence-electron chi connectivity index (χ1n) is 9.44. The van der Waals surface area contributed by atoms with Gasteiger partial charge >= 0.3 is 5.97 Å². The molecule has 0 saturated carbocycles. The maximum absolute atomic E-state index is 12.3. The number of thiazole rings is 1. The van der Waals surface area contributed by atoms with Crippen molar-refractivity contribution < 1.29 is 14.7 Å². The number of hydrogen-bond acceptors (Lipinski definition) is 4. The van der Waals surface area contributed by atoms with Gasteiger partial charge in [-0.2, -0.15) is 0 Å². The highest BCUT2D eigenvalue weighted by Crippen LogP contribution is 2.37. The summed E-state index contributed by atoms with van der Waals surface area (Å²) < 4.78 is 0. The molecule has 0 aliphatic heterocycles. The van der Waals surface area contributed by atoms with Crippen molar-refractivity contribution in [3.63, 3.8) is 0 Å². The summed E-state index contributed by atoms with van der Waals surface area (Å²) in [5.74, 6) is -1.47. The zero-order chi connectivity index (χ0) is 22.1. The summed E-state index contributed by atoms with van der Waals surface area (Å²) in [5.41, 5.74) is 4.64. The van der Waals surface area contributed by atoms with E-state index in [4.69, 9.17) is 11.6 Å². The molecule has 5 nitrogen and oxygen atoms in total. The lowest BCUT2D eigenvalue weighted by Crippen LogP contribution is -2.50. The van der Waals surface area contributed by atoms with Gasteiger partial charge in [-0.1, -0.05) is 29.8 Å². The van der Waals surface area contributed by atoms with Gasteiger partial charge in [0.25, 0.3) is 0 Å². The molecule has 0 spiro atoms. The van der Waals surface area contributed by atoms with Crippen molar-refractivity contribution in [2.45, 2.75) is 39.7 Å². The molecular weight excluding hydrogens is 420 g/mol. The molecule has 0 aliphatic rings. The zero-order valence-electron chi connectivity index (χ0n) is 17.2. The molecule has 0 radical (unpaired) electrons. The largest absolute Gasteiger partial charge is 0.480 e. The van der Waals surface area contributed by atoms with Gasteiger partial charge in [0.05, 0.1) is 12.1 Å². The van der Waals surface area contributed by atoms with Gasteiger partial charge in [-0.3, -0.25) is 4.79 Å². The van der Waals surface area contributed by atoms with Crippen molar-refractivity contribution in [2.24, 2.45) is 0 Å². The Hall–Kier alpha value is -2.70. The molecule has 7 heteroatoms. The predicted molar refractivity (Wildman–Crippen MR) is 121 cm³/mol. The lowest BCUT2D eigenvalue weighted by molar-refractivity contribution is -0.145. The van der Waals surface area contributed by atoms with E-state index in [1.54, 1.807) is 0 Å². The number of carboxylic acid groups (broad SMARTS) is 1. The van der Waals surface area contributed by atoms with Crippen LogP contribution in [0.3, 0.4) is 0 Å². The molecule has 2 N–H and O–H groups in total. The van der Waals surface area contributed by atoms with E-state index in [-0.39, 0.29) is 12.3 Å². The van der Waals surface area contributed by atoms with Crippen LogP contribution in [0.4, 0.5) is 0 Å². The number of aromatic nitrogens is 1. The number of carboxylic acids is 1. The van der Waals surface area contributed by atoms with Gasteiger partial charge in [-0.25, -0.2) is 9.78 Å². The van der Waals surface area contributed by atoms with Gasteiger partial charge in [0, 0.05) is 16.0 Å². The fraction of sp³-hybridized carbons (Fsp3) is 0.261. The molecule has 0 aliphatic carbocycles. The van der Waals surface area contributed by atoms with Crippen LogP contribution in [-0.4, -0.2) is 27.5 Å². The van der Waals surface area contributed by atoms with Crippen molar-refractivity contribution in [1.29, 1.82) is 0 Å². The maximum atomic E-state index is 12.3. The van der Waals surface area contributed by atoms with Crippen molar-refractivity contribution in [3.8, 4) is 21.7 Å². The number of aliphatic carboxylic acids is 1. The van der Waals surface area contributed by atoms with E-state index in [0.717, 1.165) is 21.7 Å². The highest BCUT2D eigenvalue weighted by molar-refractivity contribution is 7.13. The smallest absolute Gasteiger partial charge is 0.328 e. The number of aryl methyl sites for hydroxylation is 1. The van der Waals surface area contributed by atoms with Gasteiger partial charge < -0.3 is 10.4 Å². The van der Waals surface area contributed by atoms with E-state index in [0.29, 0.717) is 10.7 Å². The Balaban J connectivity index is 1.92. The van der Waals surface area contributed by atoms with E-state index in [1.165, 1.54) is 36.3 Å². The fourth-order valence-electron chi connectivity index (χ4n) is 3.09. The molecule has 1 aromatic heterocycles. The molecule has 1 amide bonds. The fourth-order valence-corrected chi connectivity index (χ4v) is 4.12. The molecule has 2 aromatic carbocycles.